The molecule has 3 N–H and O–H groups in total. The van der Waals surface area contributed by atoms with Crippen LogP contribution in [0.4, 0.5) is 0 Å². The molecule has 1 aliphatic rings. The monoisotopic (exact) mass is 348 g/mol. The predicted molar refractivity (Wildman–Crippen MR) is 92.4 cm³/mol. The van der Waals surface area contributed by atoms with Crippen LogP contribution in [-0.4, -0.2) is 24.2 Å². The molecule has 0 spiro atoms. The number of benzene rings is 1. The van der Waals surface area contributed by atoms with Crippen molar-refractivity contribution in [2.24, 2.45) is 11.7 Å². The normalized spacial score (nSPS) is 15.1. The van der Waals surface area contributed by atoms with Gasteiger partial charge in [0.1, 0.15) is 0 Å². The molecule has 2 rings (SSSR count). The average molecular weight is 349 g/mol. The van der Waals surface area contributed by atoms with E-state index in [1.807, 2.05) is 24.3 Å². The van der Waals surface area contributed by atoms with E-state index in [0.717, 1.165) is 17.2 Å². The van der Waals surface area contributed by atoms with Gasteiger partial charge < -0.3 is 11.1 Å². The zero-order chi connectivity index (χ0) is 14.4. The van der Waals surface area contributed by atoms with Crippen LogP contribution in [0.15, 0.2) is 29.2 Å². The van der Waals surface area contributed by atoms with Crippen molar-refractivity contribution in [1.82, 2.24) is 5.32 Å². The first-order valence-corrected chi connectivity index (χ1v) is 8.43. The van der Waals surface area contributed by atoms with Crippen molar-refractivity contribution in [1.29, 1.82) is 0 Å². The summed E-state index contributed by atoms with van der Waals surface area (Å²) in [5, 5.41) is 3.80. The molecule has 0 aliphatic heterocycles. The Hall–Kier alpha value is -0.420. The Morgan fingerprint density at radius 1 is 1.38 bits per heavy atom. The van der Waals surface area contributed by atoms with Crippen molar-refractivity contribution in [2.75, 3.05) is 12.3 Å². The van der Waals surface area contributed by atoms with E-state index < -0.39 is 0 Å². The molecular weight excluding hydrogens is 327 g/mol. The van der Waals surface area contributed by atoms with E-state index >= 15 is 0 Å². The number of thioether (sulfide) groups is 1. The second-order valence-electron chi connectivity index (χ2n) is 5.15. The number of nitrogens with two attached hydrogens (primary N) is 1. The molecule has 1 aromatic rings. The smallest absolute Gasteiger partial charge is 0.220 e. The van der Waals surface area contributed by atoms with Crippen LogP contribution in [0.3, 0.4) is 0 Å². The SMILES string of the molecule is Cl.NCC(NC(=O)CCCSc1ccc(Cl)cc1)C1CC1. The molecule has 0 aromatic heterocycles. The minimum Gasteiger partial charge on any atom is -0.352 e. The third-order valence-corrected chi connectivity index (χ3v) is 4.77. The standard InChI is InChI=1S/C15H21ClN2OS.ClH/c16-12-5-7-13(8-6-12)20-9-1-2-15(19)18-14(10-17)11-3-4-11;/h5-8,11,14H,1-4,9-10,17H2,(H,18,19);1H. The van der Waals surface area contributed by atoms with E-state index in [4.69, 9.17) is 17.3 Å². The number of nitrogens with one attached hydrogen (secondary N) is 1. The lowest BCUT2D eigenvalue weighted by Crippen LogP contribution is -2.41. The van der Waals surface area contributed by atoms with Crippen LogP contribution in [0.2, 0.25) is 5.02 Å². The maximum atomic E-state index is 11.8. The van der Waals surface area contributed by atoms with Gasteiger partial charge in [-0.15, -0.1) is 24.2 Å². The zero-order valence-electron chi connectivity index (χ0n) is 11.9. The van der Waals surface area contributed by atoms with Crippen LogP contribution < -0.4 is 11.1 Å². The van der Waals surface area contributed by atoms with Crippen LogP contribution in [0.1, 0.15) is 25.7 Å². The topological polar surface area (TPSA) is 55.1 Å². The van der Waals surface area contributed by atoms with Gasteiger partial charge >= 0.3 is 0 Å². The number of hydrogen-bond acceptors (Lipinski definition) is 3. The van der Waals surface area contributed by atoms with Crippen LogP contribution in [0.25, 0.3) is 0 Å². The zero-order valence-corrected chi connectivity index (χ0v) is 14.3. The Bertz CT molecular complexity index is 438. The predicted octanol–water partition coefficient (Wildman–Crippen LogP) is 3.49. The summed E-state index contributed by atoms with van der Waals surface area (Å²) in [6.45, 7) is 0.552. The molecule has 1 saturated carbocycles. The van der Waals surface area contributed by atoms with Crippen LogP contribution in [-0.2, 0) is 4.79 Å². The van der Waals surface area contributed by atoms with Crippen molar-refractivity contribution in [2.45, 2.75) is 36.6 Å². The first-order valence-electron chi connectivity index (χ1n) is 7.07. The maximum absolute atomic E-state index is 11.8. The Labute approximate surface area is 141 Å². The van der Waals surface area contributed by atoms with Gasteiger partial charge in [0, 0.05) is 28.9 Å². The lowest BCUT2D eigenvalue weighted by Gasteiger charge is -2.15. The molecule has 1 atom stereocenters. The molecule has 0 radical (unpaired) electrons. The average Bonchev–Trinajstić information content (AvgIpc) is 3.27. The lowest BCUT2D eigenvalue weighted by atomic mass is 10.2. The molecule has 118 valence electrons. The van der Waals surface area contributed by atoms with Gasteiger partial charge in [-0.1, -0.05) is 11.6 Å². The Morgan fingerprint density at radius 3 is 2.62 bits per heavy atom. The fourth-order valence-corrected chi connectivity index (χ4v) is 3.08. The van der Waals surface area contributed by atoms with Gasteiger partial charge in [-0.05, 0) is 55.2 Å². The van der Waals surface area contributed by atoms with Crippen molar-refractivity contribution in [3.8, 4) is 0 Å². The first-order chi connectivity index (χ1) is 9.69. The van der Waals surface area contributed by atoms with E-state index in [1.165, 1.54) is 17.7 Å². The summed E-state index contributed by atoms with van der Waals surface area (Å²) >= 11 is 7.59. The number of amides is 1. The highest BCUT2D eigenvalue weighted by Crippen LogP contribution is 2.32. The van der Waals surface area contributed by atoms with Gasteiger partial charge in [0.05, 0.1) is 0 Å². The largest absolute Gasteiger partial charge is 0.352 e. The summed E-state index contributed by atoms with van der Waals surface area (Å²) in [5.74, 6) is 1.68. The lowest BCUT2D eigenvalue weighted by molar-refractivity contribution is -0.121. The van der Waals surface area contributed by atoms with Crippen molar-refractivity contribution in [3.05, 3.63) is 29.3 Å². The molecule has 1 fully saturated rings. The Balaban J connectivity index is 0.00000220. The molecule has 3 nitrogen and oxygen atoms in total. The van der Waals surface area contributed by atoms with Crippen LogP contribution in [0, 0.1) is 5.92 Å². The minimum atomic E-state index is 0. The maximum Gasteiger partial charge on any atom is 0.220 e. The van der Waals surface area contributed by atoms with Gasteiger partial charge in [0.2, 0.25) is 5.91 Å². The molecule has 1 aliphatic carbocycles. The van der Waals surface area contributed by atoms with E-state index in [1.54, 1.807) is 11.8 Å². The van der Waals surface area contributed by atoms with Crippen molar-refractivity contribution < 1.29 is 4.79 Å². The molecule has 1 aromatic carbocycles. The first kappa shape index (κ1) is 18.6. The summed E-state index contributed by atoms with van der Waals surface area (Å²) in [6.07, 6.45) is 3.86. The number of carbonyl (C=O) groups excluding carboxylic acids is 1. The highest BCUT2D eigenvalue weighted by Gasteiger charge is 2.30. The Kier molecular flexibility index (Phi) is 8.49. The third kappa shape index (κ3) is 6.92. The number of hydrogen-bond donors (Lipinski definition) is 2. The Morgan fingerprint density at radius 2 is 2.05 bits per heavy atom. The van der Waals surface area contributed by atoms with Crippen LogP contribution >= 0.6 is 35.8 Å². The van der Waals surface area contributed by atoms with Crippen molar-refractivity contribution >= 4 is 41.7 Å². The number of halogens is 2. The fraction of sp³-hybridized carbons (Fsp3) is 0.533. The molecular formula is C15H22Cl2N2OS. The molecule has 0 bridgehead atoms. The highest BCUT2D eigenvalue weighted by molar-refractivity contribution is 7.99. The number of carbonyl (C=O) groups is 1. The van der Waals surface area contributed by atoms with E-state index in [0.29, 0.717) is 18.9 Å². The summed E-state index contributed by atoms with van der Waals surface area (Å²) in [5.41, 5.74) is 5.68. The quantitative estimate of drug-likeness (QED) is 0.558. The van der Waals surface area contributed by atoms with Crippen molar-refractivity contribution in [3.63, 3.8) is 0 Å². The van der Waals surface area contributed by atoms with Gasteiger partial charge in [-0.3, -0.25) is 4.79 Å². The van der Waals surface area contributed by atoms with Gasteiger partial charge in [-0.2, -0.15) is 0 Å². The molecule has 1 amide bonds. The summed E-state index contributed by atoms with van der Waals surface area (Å²) < 4.78 is 0. The molecule has 0 heterocycles. The summed E-state index contributed by atoms with van der Waals surface area (Å²) in [4.78, 5) is 13.0. The highest BCUT2D eigenvalue weighted by atomic mass is 35.5. The molecule has 6 heteroatoms. The van der Waals surface area contributed by atoms with Gasteiger partial charge in [0.15, 0.2) is 0 Å². The van der Waals surface area contributed by atoms with E-state index in [2.05, 4.69) is 5.32 Å². The van der Waals surface area contributed by atoms with E-state index in [-0.39, 0.29) is 24.4 Å². The number of rotatable bonds is 8. The summed E-state index contributed by atoms with van der Waals surface area (Å²) in [7, 11) is 0. The fourth-order valence-electron chi connectivity index (χ4n) is 2.10. The molecule has 21 heavy (non-hydrogen) atoms. The van der Waals surface area contributed by atoms with E-state index in [9.17, 15) is 4.79 Å². The van der Waals surface area contributed by atoms with Crippen LogP contribution in [0.5, 0.6) is 0 Å². The van der Waals surface area contributed by atoms with Gasteiger partial charge in [0.25, 0.3) is 0 Å². The second-order valence-corrected chi connectivity index (χ2v) is 6.76. The second kappa shape index (κ2) is 9.57. The summed E-state index contributed by atoms with van der Waals surface area (Å²) in [6, 6.07) is 7.97. The minimum absolute atomic E-state index is 0. The molecule has 0 saturated heterocycles. The molecule has 1 unspecified atom stereocenters. The third-order valence-electron chi connectivity index (χ3n) is 3.42. The van der Waals surface area contributed by atoms with Gasteiger partial charge in [-0.25, -0.2) is 0 Å².